The highest BCUT2D eigenvalue weighted by Gasteiger charge is 2.58. The average molecular weight is 434 g/mol. The van der Waals surface area contributed by atoms with E-state index in [9.17, 15) is 18.0 Å². The average Bonchev–Trinajstić information content (AvgIpc) is 3.08. The lowest BCUT2D eigenvalue weighted by molar-refractivity contribution is -0.165. The highest BCUT2D eigenvalue weighted by molar-refractivity contribution is 7.89. The van der Waals surface area contributed by atoms with Crippen LogP contribution in [0.4, 0.5) is 0 Å². The van der Waals surface area contributed by atoms with E-state index in [1.54, 1.807) is 38.1 Å². The molecule has 3 rings (SSSR count). The molecule has 0 saturated carbocycles. The second-order valence-corrected chi connectivity index (χ2v) is 9.86. The SMILES string of the molecule is COC(=O)C1(C(=O)OC)CC2=C(CN(S(=O)(=O)c3ccc(C)cc3)CC2)C1=C(C)C. The first-order valence-electron chi connectivity index (χ1n) is 9.72. The van der Waals surface area contributed by atoms with E-state index in [0.717, 1.165) is 16.7 Å². The fourth-order valence-corrected chi connectivity index (χ4v) is 5.88. The summed E-state index contributed by atoms with van der Waals surface area (Å²) in [7, 11) is -1.24. The number of rotatable bonds is 4. The van der Waals surface area contributed by atoms with Gasteiger partial charge in [0, 0.05) is 19.5 Å². The molecule has 1 aromatic carbocycles. The second-order valence-electron chi connectivity index (χ2n) is 7.92. The van der Waals surface area contributed by atoms with Gasteiger partial charge in [-0.1, -0.05) is 28.8 Å². The molecule has 0 bridgehead atoms. The maximum atomic E-state index is 13.2. The van der Waals surface area contributed by atoms with Crippen molar-refractivity contribution >= 4 is 22.0 Å². The molecule has 1 aliphatic heterocycles. The summed E-state index contributed by atoms with van der Waals surface area (Å²) in [6, 6.07) is 6.72. The van der Waals surface area contributed by atoms with E-state index in [0.29, 0.717) is 17.6 Å². The third kappa shape index (κ3) is 3.37. The Kier molecular flexibility index (Phi) is 5.93. The highest BCUT2D eigenvalue weighted by atomic mass is 32.2. The van der Waals surface area contributed by atoms with E-state index >= 15 is 0 Å². The number of methoxy groups -OCH3 is 2. The number of carbonyl (C=O) groups is 2. The lowest BCUT2D eigenvalue weighted by Gasteiger charge is -2.30. The van der Waals surface area contributed by atoms with Gasteiger partial charge in [0.05, 0.1) is 19.1 Å². The summed E-state index contributed by atoms with van der Waals surface area (Å²) in [4.78, 5) is 25.8. The molecule has 0 unspecified atom stereocenters. The van der Waals surface area contributed by atoms with Crippen molar-refractivity contribution < 1.29 is 27.5 Å². The van der Waals surface area contributed by atoms with Gasteiger partial charge >= 0.3 is 11.9 Å². The zero-order chi connectivity index (χ0) is 22.3. The molecule has 162 valence electrons. The maximum Gasteiger partial charge on any atom is 0.328 e. The van der Waals surface area contributed by atoms with Gasteiger partial charge in [-0.15, -0.1) is 0 Å². The highest BCUT2D eigenvalue weighted by Crippen LogP contribution is 2.52. The lowest BCUT2D eigenvalue weighted by atomic mass is 9.77. The molecule has 1 aromatic rings. The summed E-state index contributed by atoms with van der Waals surface area (Å²) >= 11 is 0. The van der Waals surface area contributed by atoms with Crippen LogP contribution in [0.3, 0.4) is 0 Å². The van der Waals surface area contributed by atoms with Crippen LogP contribution in [0, 0.1) is 12.3 Å². The number of hydrogen-bond donors (Lipinski definition) is 0. The van der Waals surface area contributed by atoms with Gasteiger partial charge in [0.1, 0.15) is 0 Å². The lowest BCUT2D eigenvalue weighted by Crippen LogP contribution is -2.42. The molecular weight excluding hydrogens is 406 g/mol. The predicted octanol–water partition coefficient (Wildman–Crippen LogP) is 2.76. The van der Waals surface area contributed by atoms with Crippen LogP contribution in [-0.2, 0) is 29.1 Å². The molecule has 0 amide bonds. The van der Waals surface area contributed by atoms with Crippen molar-refractivity contribution in [1.82, 2.24) is 4.31 Å². The van der Waals surface area contributed by atoms with Crippen molar-refractivity contribution in [2.24, 2.45) is 5.41 Å². The van der Waals surface area contributed by atoms with Gasteiger partial charge < -0.3 is 9.47 Å². The first-order valence-corrected chi connectivity index (χ1v) is 11.2. The van der Waals surface area contributed by atoms with Gasteiger partial charge in [-0.2, -0.15) is 4.31 Å². The topological polar surface area (TPSA) is 90.0 Å². The Bertz CT molecular complexity index is 1030. The van der Waals surface area contributed by atoms with Crippen LogP contribution in [0.2, 0.25) is 0 Å². The van der Waals surface area contributed by atoms with Gasteiger partial charge in [-0.25, -0.2) is 8.42 Å². The minimum Gasteiger partial charge on any atom is -0.468 e. The number of nitrogens with zero attached hydrogens (tertiary/aromatic N) is 1. The van der Waals surface area contributed by atoms with Crippen molar-refractivity contribution in [3.05, 3.63) is 52.1 Å². The van der Waals surface area contributed by atoms with Crippen LogP contribution >= 0.6 is 0 Å². The molecule has 8 heteroatoms. The Balaban J connectivity index is 2.05. The smallest absolute Gasteiger partial charge is 0.328 e. The Labute approximate surface area is 177 Å². The predicted molar refractivity (Wildman–Crippen MR) is 111 cm³/mol. The number of benzene rings is 1. The number of hydrogen-bond acceptors (Lipinski definition) is 6. The molecule has 30 heavy (non-hydrogen) atoms. The minimum atomic E-state index is -3.71. The van der Waals surface area contributed by atoms with E-state index in [2.05, 4.69) is 0 Å². The van der Waals surface area contributed by atoms with Gasteiger partial charge in [0.15, 0.2) is 5.41 Å². The van der Waals surface area contributed by atoms with Gasteiger partial charge in [-0.05, 0) is 50.5 Å². The summed E-state index contributed by atoms with van der Waals surface area (Å²) in [5.41, 5.74) is 2.27. The van der Waals surface area contributed by atoms with E-state index in [4.69, 9.17) is 9.47 Å². The molecule has 2 aliphatic rings. The van der Waals surface area contributed by atoms with Crippen molar-refractivity contribution in [3.8, 4) is 0 Å². The van der Waals surface area contributed by atoms with Crippen LogP contribution in [0.15, 0.2) is 51.5 Å². The second kappa shape index (κ2) is 8.00. The zero-order valence-corrected chi connectivity index (χ0v) is 18.8. The molecule has 7 nitrogen and oxygen atoms in total. The van der Waals surface area contributed by atoms with Gasteiger partial charge in [0.2, 0.25) is 10.0 Å². The summed E-state index contributed by atoms with van der Waals surface area (Å²) in [6.45, 7) is 5.89. The van der Waals surface area contributed by atoms with Gasteiger partial charge in [0.25, 0.3) is 0 Å². The van der Waals surface area contributed by atoms with Crippen LogP contribution < -0.4 is 0 Å². The van der Waals surface area contributed by atoms with E-state index in [1.165, 1.54) is 18.5 Å². The number of allylic oxidation sites excluding steroid dienone is 1. The minimum absolute atomic E-state index is 0.0990. The fourth-order valence-electron chi connectivity index (χ4n) is 4.47. The largest absolute Gasteiger partial charge is 0.468 e. The maximum absolute atomic E-state index is 13.2. The molecule has 0 N–H and O–H groups in total. The van der Waals surface area contributed by atoms with E-state index in [1.807, 2.05) is 6.92 Å². The van der Waals surface area contributed by atoms with Crippen LogP contribution in [0.5, 0.6) is 0 Å². The number of ether oxygens (including phenoxy) is 2. The van der Waals surface area contributed by atoms with Crippen molar-refractivity contribution in [3.63, 3.8) is 0 Å². The van der Waals surface area contributed by atoms with Crippen molar-refractivity contribution in [2.45, 2.75) is 38.5 Å². The van der Waals surface area contributed by atoms with Crippen molar-refractivity contribution in [2.75, 3.05) is 27.3 Å². The molecule has 0 radical (unpaired) electrons. The Morgan fingerprint density at radius 1 is 1.03 bits per heavy atom. The Hall–Kier alpha value is -2.45. The van der Waals surface area contributed by atoms with Crippen molar-refractivity contribution in [1.29, 1.82) is 0 Å². The number of esters is 2. The molecule has 1 aliphatic carbocycles. The van der Waals surface area contributed by atoms with Gasteiger partial charge in [-0.3, -0.25) is 9.59 Å². The molecule has 0 aromatic heterocycles. The molecular formula is C22H27NO6S. The molecule has 1 heterocycles. The third-order valence-electron chi connectivity index (χ3n) is 5.86. The summed E-state index contributed by atoms with van der Waals surface area (Å²) in [5, 5.41) is 0. The summed E-state index contributed by atoms with van der Waals surface area (Å²) in [5.74, 6) is -1.37. The monoisotopic (exact) mass is 433 g/mol. The third-order valence-corrected chi connectivity index (χ3v) is 7.72. The summed E-state index contributed by atoms with van der Waals surface area (Å²) < 4.78 is 37.8. The first kappa shape index (κ1) is 22.2. The molecule has 0 atom stereocenters. The number of sulfonamides is 1. The zero-order valence-electron chi connectivity index (χ0n) is 17.9. The Morgan fingerprint density at radius 3 is 2.10 bits per heavy atom. The molecule has 0 saturated heterocycles. The number of aryl methyl sites for hydroxylation is 1. The van der Waals surface area contributed by atoms with E-state index in [-0.39, 0.29) is 24.4 Å². The quantitative estimate of drug-likeness (QED) is 0.536. The standard InChI is InChI=1S/C22H27NO6S/c1-14(2)19-18-13-23(30(26,27)17-8-6-15(3)7-9-17)11-10-16(18)12-22(19,20(24)28-4)21(25)29-5/h6-9H,10-13H2,1-5H3. The number of carbonyl (C=O) groups excluding carboxylic acids is 2. The van der Waals surface area contributed by atoms with Crippen LogP contribution in [0.1, 0.15) is 32.3 Å². The normalized spacial score (nSPS) is 18.8. The first-order chi connectivity index (χ1) is 14.1. The van der Waals surface area contributed by atoms with E-state index < -0.39 is 27.4 Å². The molecule has 0 spiro atoms. The summed E-state index contributed by atoms with van der Waals surface area (Å²) in [6.07, 6.45) is 0.591. The van der Waals surface area contributed by atoms with Crippen LogP contribution in [-0.4, -0.2) is 52.0 Å². The molecule has 0 fully saturated rings. The fraction of sp³-hybridized carbons (Fsp3) is 0.455. The Morgan fingerprint density at radius 2 is 1.60 bits per heavy atom. The van der Waals surface area contributed by atoms with Crippen LogP contribution in [0.25, 0.3) is 0 Å².